The van der Waals surface area contributed by atoms with Gasteiger partial charge in [-0.15, -0.1) is 17.5 Å². The lowest BCUT2D eigenvalue weighted by Gasteiger charge is -1.89. The average molecular weight is 249 g/mol. The average Bonchev–Trinajstić information content (AvgIpc) is 2.27. The van der Waals surface area contributed by atoms with Gasteiger partial charge >= 0.3 is 0 Å². The number of fused-ring (bicyclic) bond motifs is 1. The number of rotatable bonds is 0. The Labute approximate surface area is 83.3 Å². The largest absolute Gasteiger partial charge is 0.366 e. The van der Waals surface area contributed by atoms with E-state index in [1.165, 1.54) is 0 Å². The molecular formula is C6H6BrClN4. The molecule has 2 heterocycles. The summed E-state index contributed by atoms with van der Waals surface area (Å²) in [5.74, 6) is 0.295. The molecule has 0 atom stereocenters. The molecule has 0 aliphatic rings. The summed E-state index contributed by atoms with van der Waals surface area (Å²) in [6, 6.07) is 3.73. The predicted molar refractivity (Wildman–Crippen MR) is 52.3 cm³/mol. The highest BCUT2D eigenvalue weighted by atomic mass is 79.9. The molecule has 2 aromatic heterocycles. The molecule has 2 N–H and O–H groups in total. The van der Waals surface area contributed by atoms with Gasteiger partial charge in [0.1, 0.15) is 0 Å². The van der Waals surface area contributed by atoms with Gasteiger partial charge in [0.2, 0.25) is 5.95 Å². The number of nitrogen functional groups attached to an aromatic ring is 1. The zero-order chi connectivity index (χ0) is 7.84. The molecule has 64 valence electrons. The van der Waals surface area contributed by atoms with Crippen molar-refractivity contribution in [1.82, 2.24) is 14.6 Å². The van der Waals surface area contributed by atoms with Crippen LogP contribution in [0.5, 0.6) is 0 Å². The van der Waals surface area contributed by atoms with Crippen LogP contribution in [0.4, 0.5) is 5.95 Å². The first-order valence-electron chi connectivity index (χ1n) is 3.03. The molecule has 2 rings (SSSR count). The molecule has 0 aromatic carbocycles. The summed E-state index contributed by atoms with van der Waals surface area (Å²) in [7, 11) is 0. The molecule has 0 unspecified atom stereocenters. The molecule has 0 radical (unpaired) electrons. The van der Waals surface area contributed by atoms with E-state index in [1.54, 1.807) is 10.7 Å². The Morgan fingerprint density at radius 3 is 2.92 bits per heavy atom. The Morgan fingerprint density at radius 2 is 2.17 bits per heavy atom. The molecule has 4 nitrogen and oxygen atoms in total. The normalized spacial score (nSPS) is 9.75. The van der Waals surface area contributed by atoms with Crippen molar-refractivity contribution in [1.29, 1.82) is 0 Å². The summed E-state index contributed by atoms with van der Waals surface area (Å²) in [5, 5.41) is 3.93. The van der Waals surface area contributed by atoms with E-state index in [0.29, 0.717) is 5.95 Å². The van der Waals surface area contributed by atoms with Gasteiger partial charge in [-0.2, -0.15) is 4.98 Å². The number of aromatic nitrogens is 3. The molecule has 12 heavy (non-hydrogen) atoms. The predicted octanol–water partition coefficient (Wildman–Crippen LogP) is 1.50. The maximum atomic E-state index is 5.38. The third kappa shape index (κ3) is 1.51. The highest BCUT2D eigenvalue weighted by Crippen LogP contribution is 2.10. The number of nitrogens with two attached hydrogens (primary N) is 1. The molecule has 0 saturated heterocycles. The Bertz CT molecular complexity index is 399. The van der Waals surface area contributed by atoms with E-state index in [-0.39, 0.29) is 12.4 Å². The molecule has 0 aliphatic carbocycles. The van der Waals surface area contributed by atoms with Crippen LogP contribution in [-0.4, -0.2) is 14.6 Å². The first kappa shape index (κ1) is 9.28. The van der Waals surface area contributed by atoms with Crippen molar-refractivity contribution in [2.24, 2.45) is 0 Å². The molecular weight excluding hydrogens is 243 g/mol. The fourth-order valence-corrected chi connectivity index (χ4v) is 1.20. The Balaban J connectivity index is 0.000000720. The molecule has 0 spiro atoms. The zero-order valence-corrected chi connectivity index (χ0v) is 8.34. The molecule has 0 saturated carbocycles. The summed E-state index contributed by atoms with van der Waals surface area (Å²) in [6.45, 7) is 0. The Kier molecular flexibility index (Phi) is 2.54. The van der Waals surface area contributed by atoms with E-state index in [0.717, 1.165) is 10.1 Å². The van der Waals surface area contributed by atoms with Crippen LogP contribution in [0, 0.1) is 0 Å². The minimum atomic E-state index is 0. The number of nitrogens with zero attached hydrogens (tertiary/aromatic N) is 3. The maximum Gasteiger partial charge on any atom is 0.240 e. The zero-order valence-electron chi connectivity index (χ0n) is 5.94. The topological polar surface area (TPSA) is 56.2 Å². The van der Waals surface area contributed by atoms with Gasteiger partial charge in [-0.25, -0.2) is 4.52 Å². The number of halogens is 2. The van der Waals surface area contributed by atoms with Gasteiger partial charge in [0.05, 0.1) is 0 Å². The van der Waals surface area contributed by atoms with Crippen LogP contribution in [-0.2, 0) is 0 Å². The third-order valence-corrected chi connectivity index (χ3v) is 1.78. The lowest BCUT2D eigenvalue weighted by Crippen LogP contribution is -1.88. The quantitative estimate of drug-likeness (QED) is 0.770. The van der Waals surface area contributed by atoms with Crippen LogP contribution in [0.2, 0.25) is 0 Å². The van der Waals surface area contributed by atoms with Crippen LogP contribution < -0.4 is 5.73 Å². The Hall–Kier alpha value is -0.810. The second kappa shape index (κ2) is 3.28. The van der Waals surface area contributed by atoms with Crippen molar-refractivity contribution < 1.29 is 0 Å². The van der Waals surface area contributed by atoms with E-state index in [1.807, 2.05) is 12.1 Å². The van der Waals surface area contributed by atoms with Crippen molar-refractivity contribution in [2.75, 3.05) is 5.73 Å². The third-order valence-electron chi connectivity index (χ3n) is 1.31. The molecule has 0 amide bonds. The summed E-state index contributed by atoms with van der Waals surface area (Å²) >= 11 is 3.31. The standard InChI is InChI=1S/C6H5BrN4.ClH/c7-4-1-2-5-9-6(8)10-11(5)3-4;/h1-3H,(H2,8,10);1H. The van der Waals surface area contributed by atoms with Gasteiger partial charge in [0, 0.05) is 10.7 Å². The van der Waals surface area contributed by atoms with Gasteiger partial charge in [-0.1, -0.05) is 0 Å². The van der Waals surface area contributed by atoms with E-state index < -0.39 is 0 Å². The van der Waals surface area contributed by atoms with Crippen LogP contribution in [0.25, 0.3) is 5.65 Å². The lowest BCUT2D eigenvalue weighted by atomic mass is 10.5. The molecule has 0 aliphatic heterocycles. The second-order valence-electron chi connectivity index (χ2n) is 2.12. The van der Waals surface area contributed by atoms with Crippen molar-refractivity contribution >= 4 is 39.9 Å². The summed E-state index contributed by atoms with van der Waals surface area (Å²) in [4.78, 5) is 3.96. The molecule has 2 aromatic rings. The van der Waals surface area contributed by atoms with Crippen LogP contribution in [0.15, 0.2) is 22.8 Å². The second-order valence-corrected chi connectivity index (χ2v) is 3.04. The van der Waals surface area contributed by atoms with E-state index in [9.17, 15) is 0 Å². The molecule has 0 bridgehead atoms. The van der Waals surface area contributed by atoms with Gasteiger partial charge in [0.25, 0.3) is 0 Å². The maximum absolute atomic E-state index is 5.38. The van der Waals surface area contributed by atoms with Crippen molar-refractivity contribution in [2.45, 2.75) is 0 Å². The van der Waals surface area contributed by atoms with Crippen LogP contribution >= 0.6 is 28.3 Å². The highest BCUT2D eigenvalue weighted by Gasteiger charge is 1.97. The smallest absolute Gasteiger partial charge is 0.240 e. The van der Waals surface area contributed by atoms with Crippen molar-refractivity contribution in [3.05, 3.63) is 22.8 Å². The Morgan fingerprint density at radius 1 is 1.42 bits per heavy atom. The van der Waals surface area contributed by atoms with E-state index >= 15 is 0 Å². The number of anilines is 1. The van der Waals surface area contributed by atoms with Crippen LogP contribution in [0.3, 0.4) is 0 Å². The minimum Gasteiger partial charge on any atom is -0.366 e. The monoisotopic (exact) mass is 248 g/mol. The highest BCUT2D eigenvalue weighted by molar-refractivity contribution is 9.10. The first-order valence-corrected chi connectivity index (χ1v) is 3.82. The van der Waals surface area contributed by atoms with E-state index in [4.69, 9.17) is 5.73 Å². The summed E-state index contributed by atoms with van der Waals surface area (Å²) in [6.07, 6.45) is 1.80. The van der Waals surface area contributed by atoms with Gasteiger partial charge < -0.3 is 5.73 Å². The fraction of sp³-hybridized carbons (Fsp3) is 0. The van der Waals surface area contributed by atoms with Gasteiger partial charge in [0.15, 0.2) is 5.65 Å². The number of hydrogen-bond donors (Lipinski definition) is 1. The van der Waals surface area contributed by atoms with Crippen molar-refractivity contribution in [3.8, 4) is 0 Å². The number of hydrogen-bond acceptors (Lipinski definition) is 3. The summed E-state index contributed by atoms with van der Waals surface area (Å²) in [5.41, 5.74) is 6.14. The summed E-state index contributed by atoms with van der Waals surface area (Å²) < 4.78 is 2.58. The van der Waals surface area contributed by atoms with E-state index in [2.05, 4.69) is 26.0 Å². The first-order chi connectivity index (χ1) is 5.25. The fourth-order valence-electron chi connectivity index (χ4n) is 0.875. The van der Waals surface area contributed by atoms with Crippen LogP contribution in [0.1, 0.15) is 0 Å². The minimum absolute atomic E-state index is 0. The number of pyridine rings is 1. The van der Waals surface area contributed by atoms with Crippen molar-refractivity contribution in [3.63, 3.8) is 0 Å². The SMILES string of the molecule is Cl.Nc1nc2ccc(Br)cn2n1. The van der Waals surface area contributed by atoms with Gasteiger partial charge in [-0.05, 0) is 28.1 Å². The van der Waals surface area contributed by atoms with Gasteiger partial charge in [-0.3, -0.25) is 0 Å². The lowest BCUT2D eigenvalue weighted by molar-refractivity contribution is 0.963. The molecule has 0 fully saturated rings. The molecule has 6 heteroatoms.